The van der Waals surface area contributed by atoms with Crippen LogP contribution in [0.15, 0.2) is 70.1 Å². The van der Waals surface area contributed by atoms with Crippen LogP contribution in [0, 0.1) is 10.1 Å². The predicted octanol–water partition coefficient (Wildman–Crippen LogP) is 4.31. The second-order valence-electron chi connectivity index (χ2n) is 4.75. The Balaban J connectivity index is 1.80. The Morgan fingerprint density at radius 3 is 2.48 bits per heavy atom. The van der Waals surface area contributed by atoms with Crippen molar-refractivity contribution in [2.24, 2.45) is 4.99 Å². The van der Waals surface area contributed by atoms with Crippen LogP contribution in [0.25, 0.3) is 11.3 Å². The summed E-state index contributed by atoms with van der Waals surface area (Å²) in [4.78, 5) is 14.4. The number of phenols is 1. The van der Waals surface area contributed by atoms with Gasteiger partial charge in [-0.05, 0) is 36.4 Å². The molecule has 0 aliphatic heterocycles. The van der Waals surface area contributed by atoms with Crippen molar-refractivity contribution in [2.45, 2.75) is 0 Å². The topological polar surface area (TPSA) is 88.9 Å². The maximum absolute atomic E-state index is 10.6. The molecule has 0 amide bonds. The number of nitro groups is 1. The summed E-state index contributed by atoms with van der Waals surface area (Å²) < 4.78 is 5.63. The van der Waals surface area contributed by atoms with E-state index >= 15 is 0 Å². The maximum atomic E-state index is 10.6. The third-order valence-electron chi connectivity index (χ3n) is 3.20. The van der Waals surface area contributed by atoms with E-state index in [2.05, 4.69) is 4.99 Å². The molecular formula is C17H12N2O4. The van der Waals surface area contributed by atoms with E-state index in [0.29, 0.717) is 17.2 Å². The van der Waals surface area contributed by atoms with E-state index in [9.17, 15) is 15.2 Å². The van der Waals surface area contributed by atoms with Crippen molar-refractivity contribution in [3.05, 3.63) is 76.5 Å². The largest absolute Gasteiger partial charge is 0.506 e. The summed E-state index contributed by atoms with van der Waals surface area (Å²) in [5.41, 5.74) is 1.21. The first-order valence-electron chi connectivity index (χ1n) is 6.80. The van der Waals surface area contributed by atoms with Crippen LogP contribution in [0.5, 0.6) is 5.75 Å². The number of para-hydroxylation sites is 2. The molecule has 0 fully saturated rings. The highest BCUT2D eigenvalue weighted by atomic mass is 16.6. The van der Waals surface area contributed by atoms with Gasteiger partial charge in [0.2, 0.25) is 0 Å². The SMILES string of the molecule is O=[N+]([O-])c1ccc(-c2ccc(C=Nc3ccccc3O)o2)cc1. The quantitative estimate of drug-likeness (QED) is 0.442. The average molecular weight is 308 g/mol. The number of hydrogen-bond donors (Lipinski definition) is 1. The molecule has 3 aromatic rings. The first kappa shape index (κ1) is 14.5. The fourth-order valence-electron chi connectivity index (χ4n) is 2.03. The fourth-order valence-corrected chi connectivity index (χ4v) is 2.03. The van der Waals surface area contributed by atoms with Crippen LogP contribution in [0.1, 0.15) is 5.76 Å². The highest BCUT2D eigenvalue weighted by Gasteiger charge is 2.08. The van der Waals surface area contributed by atoms with Crippen LogP contribution in [0.2, 0.25) is 0 Å². The van der Waals surface area contributed by atoms with Crippen LogP contribution >= 0.6 is 0 Å². The van der Waals surface area contributed by atoms with Gasteiger partial charge in [-0.1, -0.05) is 12.1 Å². The van der Waals surface area contributed by atoms with Gasteiger partial charge in [0, 0.05) is 17.7 Å². The van der Waals surface area contributed by atoms with E-state index in [-0.39, 0.29) is 11.4 Å². The van der Waals surface area contributed by atoms with Crippen LogP contribution in [-0.2, 0) is 0 Å². The zero-order valence-electron chi connectivity index (χ0n) is 11.9. The van der Waals surface area contributed by atoms with Crippen LogP contribution in [-0.4, -0.2) is 16.2 Å². The number of nitro benzene ring substituents is 1. The number of phenolic OH excluding ortho intramolecular Hbond substituents is 1. The Kier molecular flexibility index (Phi) is 3.88. The first-order chi connectivity index (χ1) is 11.1. The number of aliphatic imine (C=N–C) groups is 1. The molecule has 0 atom stereocenters. The van der Waals surface area contributed by atoms with Crippen molar-refractivity contribution < 1.29 is 14.4 Å². The molecular weight excluding hydrogens is 296 g/mol. The number of aromatic hydroxyl groups is 1. The summed E-state index contributed by atoms with van der Waals surface area (Å²) in [6, 6.07) is 16.3. The Hall–Kier alpha value is -3.41. The monoisotopic (exact) mass is 308 g/mol. The molecule has 6 heteroatoms. The maximum Gasteiger partial charge on any atom is 0.269 e. The molecule has 0 unspecified atom stereocenters. The lowest BCUT2D eigenvalue weighted by Gasteiger charge is -1.97. The molecule has 1 N–H and O–H groups in total. The van der Waals surface area contributed by atoms with Crippen LogP contribution in [0.4, 0.5) is 11.4 Å². The van der Waals surface area contributed by atoms with Gasteiger partial charge in [0.15, 0.2) is 0 Å². The lowest BCUT2D eigenvalue weighted by Crippen LogP contribution is -1.86. The number of benzene rings is 2. The summed E-state index contributed by atoms with van der Waals surface area (Å²) >= 11 is 0. The highest BCUT2D eigenvalue weighted by molar-refractivity contribution is 5.80. The zero-order chi connectivity index (χ0) is 16.2. The molecule has 0 radical (unpaired) electrons. The van der Waals surface area contributed by atoms with Crippen molar-refractivity contribution in [1.29, 1.82) is 0 Å². The molecule has 1 aromatic heterocycles. The van der Waals surface area contributed by atoms with Crippen molar-refractivity contribution in [3.8, 4) is 17.1 Å². The molecule has 3 rings (SSSR count). The number of rotatable bonds is 4. The van der Waals surface area contributed by atoms with E-state index in [4.69, 9.17) is 4.42 Å². The molecule has 0 spiro atoms. The molecule has 23 heavy (non-hydrogen) atoms. The van der Waals surface area contributed by atoms with E-state index in [1.165, 1.54) is 18.3 Å². The summed E-state index contributed by atoms with van der Waals surface area (Å²) in [6.07, 6.45) is 1.50. The normalized spacial score (nSPS) is 11.0. The van der Waals surface area contributed by atoms with Gasteiger partial charge < -0.3 is 9.52 Å². The molecule has 6 nitrogen and oxygen atoms in total. The van der Waals surface area contributed by atoms with Crippen LogP contribution in [0.3, 0.4) is 0 Å². The van der Waals surface area contributed by atoms with E-state index < -0.39 is 4.92 Å². The minimum Gasteiger partial charge on any atom is -0.506 e. The van der Waals surface area contributed by atoms with Crippen molar-refractivity contribution >= 4 is 17.6 Å². The standard InChI is InChI=1S/C17H12N2O4/c20-16-4-2-1-3-15(16)18-11-14-9-10-17(23-14)12-5-7-13(8-6-12)19(21)22/h1-11,20H. The van der Waals surface area contributed by atoms with Gasteiger partial charge in [-0.3, -0.25) is 10.1 Å². The molecule has 1 heterocycles. The summed E-state index contributed by atoms with van der Waals surface area (Å²) in [5, 5.41) is 20.3. The number of hydrogen-bond acceptors (Lipinski definition) is 5. The smallest absolute Gasteiger partial charge is 0.269 e. The van der Waals surface area contributed by atoms with Gasteiger partial charge in [0.25, 0.3) is 5.69 Å². The van der Waals surface area contributed by atoms with Gasteiger partial charge >= 0.3 is 0 Å². The Morgan fingerprint density at radius 1 is 1.04 bits per heavy atom. The molecule has 0 aliphatic rings. The molecule has 2 aromatic carbocycles. The Morgan fingerprint density at radius 2 is 1.78 bits per heavy atom. The number of nitrogens with zero attached hydrogens (tertiary/aromatic N) is 2. The molecule has 0 aliphatic carbocycles. The van der Waals surface area contributed by atoms with Crippen molar-refractivity contribution in [2.75, 3.05) is 0 Å². The van der Waals surface area contributed by atoms with Gasteiger partial charge in [-0.15, -0.1) is 0 Å². The van der Waals surface area contributed by atoms with Gasteiger partial charge in [-0.2, -0.15) is 0 Å². The molecule has 0 bridgehead atoms. The minimum absolute atomic E-state index is 0.0293. The Bertz CT molecular complexity index is 866. The third-order valence-corrected chi connectivity index (χ3v) is 3.20. The summed E-state index contributed by atoms with van der Waals surface area (Å²) in [7, 11) is 0. The van der Waals surface area contributed by atoms with Crippen molar-refractivity contribution in [1.82, 2.24) is 0 Å². The second kappa shape index (κ2) is 6.15. The fraction of sp³-hybridized carbons (Fsp3) is 0. The summed E-state index contributed by atoms with van der Waals surface area (Å²) in [6.45, 7) is 0. The minimum atomic E-state index is -0.448. The number of non-ortho nitro benzene ring substituents is 1. The van der Waals surface area contributed by atoms with Crippen molar-refractivity contribution in [3.63, 3.8) is 0 Å². The lowest BCUT2D eigenvalue weighted by molar-refractivity contribution is -0.384. The molecule has 0 saturated carbocycles. The number of furan rings is 1. The van der Waals surface area contributed by atoms with Gasteiger partial charge in [-0.25, -0.2) is 4.99 Å². The van der Waals surface area contributed by atoms with Gasteiger partial charge in [0.05, 0.1) is 11.1 Å². The van der Waals surface area contributed by atoms with Gasteiger partial charge in [0.1, 0.15) is 23.0 Å². The van der Waals surface area contributed by atoms with E-state index in [0.717, 1.165) is 5.56 Å². The lowest BCUT2D eigenvalue weighted by atomic mass is 10.1. The third kappa shape index (κ3) is 3.26. The average Bonchev–Trinajstić information content (AvgIpc) is 3.03. The van der Waals surface area contributed by atoms with Crippen LogP contribution < -0.4 is 0 Å². The zero-order valence-corrected chi connectivity index (χ0v) is 11.9. The molecule has 114 valence electrons. The predicted molar refractivity (Wildman–Crippen MR) is 86.2 cm³/mol. The van der Waals surface area contributed by atoms with E-state index in [1.807, 2.05) is 0 Å². The van der Waals surface area contributed by atoms with E-state index in [1.54, 1.807) is 48.5 Å². The second-order valence-corrected chi connectivity index (χ2v) is 4.75. The highest BCUT2D eigenvalue weighted by Crippen LogP contribution is 2.26. The Labute approximate surface area is 131 Å². The molecule has 0 saturated heterocycles. The first-order valence-corrected chi connectivity index (χ1v) is 6.80. The summed E-state index contributed by atoms with van der Waals surface area (Å²) in [5.74, 6) is 1.19.